The number of hydrogen-bond acceptors (Lipinski definition) is 7. The van der Waals surface area contributed by atoms with Gasteiger partial charge in [0.1, 0.15) is 0 Å². The van der Waals surface area contributed by atoms with Gasteiger partial charge in [-0.15, -0.1) is 0 Å². The fourth-order valence-corrected chi connectivity index (χ4v) is 0.496. The normalized spacial score (nSPS) is 8.00. The SMILES string of the molecule is N.N.N.NCCCNCC(N)N. The Bertz CT molecular complexity index is 57.8. The predicted octanol–water partition coefficient (Wildman–Crippen LogP) is -1.35. The highest BCUT2D eigenvalue weighted by atomic mass is 15.0. The summed E-state index contributed by atoms with van der Waals surface area (Å²) in [6.07, 6.45) is 0.731. The standard InChI is InChI=1S/C5H16N4.3H3N/c6-2-1-3-9-4-5(7)8;;;/h5,9H,1-4,6-8H2;3*1H3. The van der Waals surface area contributed by atoms with Crippen molar-refractivity contribution in [3.8, 4) is 0 Å². The lowest BCUT2D eigenvalue weighted by Gasteiger charge is -2.05. The smallest absolute Gasteiger partial charge is 0.0649 e. The van der Waals surface area contributed by atoms with Gasteiger partial charge in [0.25, 0.3) is 0 Å². The van der Waals surface area contributed by atoms with Gasteiger partial charge in [-0.05, 0) is 19.5 Å². The van der Waals surface area contributed by atoms with Crippen molar-refractivity contribution >= 4 is 0 Å². The predicted molar refractivity (Wildman–Crippen MR) is 53.8 cm³/mol. The summed E-state index contributed by atoms with van der Waals surface area (Å²) in [5.41, 5.74) is 15.8. The molecule has 0 saturated heterocycles. The van der Waals surface area contributed by atoms with Crippen molar-refractivity contribution in [3.05, 3.63) is 0 Å². The van der Waals surface area contributed by atoms with Crippen LogP contribution in [0, 0.1) is 0 Å². The summed E-state index contributed by atoms with van der Waals surface area (Å²) in [7, 11) is 0. The maximum atomic E-state index is 5.26. The zero-order valence-corrected chi connectivity index (χ0v) is 7.76. The lowest BCUT2D eigenvalue weighted by molar-refractivity contribution is 0.580. The van der Waals surface area contributed by atoms with Crippen LogP contribution in [0.15, 0.2) is 0 Å². The summed E-state index contributed by atoms with van der Waals surface area (Å²) in [6.45, 7) is 2.29. The van der Waals surface area contributed by atoms with Crippen molar-refractivity contribution in [2.24, 2.45) is 17.2 Å². The molecule has 0 spiro atoms. The van der Waals surface area contributed by atoms with E-state index in [0.29, 0.717) is 13.1 Å². The summed E-state index contributed by atoms with van der Waals surface area (Å²) in [4.78, 5) is 0. The van der Waals surface area contributed by atoms with E-state index in [1.165, 1.54) is 0 Å². The maximum Gasteiger partial charge on any atom is 0.0649 e. The molecule has 0 aliphatic carbocycles. The van der Waals surface area contributed by atoms with Crippen molar-refractivity contribution in [1.82, 2.24) is 23.8 Å². The van der Waals surface area contributed by atoms with Crippen LogP contribution in [0.4, 0.5) is 0 Å². The third-order valence-electron chi connectivity index (χ3n) is 0.938. The van der Waals surface area contributed by atoms with Gasteiger partial charge in [-0.3, -0.25) is 0 Å². The third-order valence-corrected chi connectivity index (χ3v) is 0.938. The molecule has 0 atom stereocenters. The zero-order valence-electron chi connectivity index (χ0n) is 7.76. The Labute approximate surface area is 74.2 Å². The van der Waals surface area contributed by atoms with Gasteiger partial charge in [0.15, 0.2) is 0 Å². The van der Waals surface area contributed by atoms with Gasteiger partial charge in [0.05, 0.1) is 6.17 Å². The Morgan fingerprint density at radius 3 is 1.92 bits per heavy atom. The molecule has 0 aliphatic heterocycles. The third kappa shape index (κ3) is 22.6. The second-order valence-electron chi connectivity index (χ2n) is 2.01. The van der Waals surface area contributed by atoms with Crippen LogP contribution in [-0.4, -0.2) is 25.8 Å². The van der Waals surface area contributed by atoms with Gasteiger partial charge in [-0.25, -0.2) is 0 Å². The van der Waals surface area contributed by atoms with Crippen molar-refractivity contribution < 1.29 is 0 Å². The average molecular weight is 183 g/mol. The molecule has 12 heavy (non-hydrogen) atoms. The molecule has 0 aromatic rings. The summed E-state index contributed by atoms with van der Waals surface area (Å²) < 4.78 is 0. The quantitative estimate of drug-likeness (QED) is 0.202. The van der Waals surface area contributed by atoms with Crippen LogP contribution in [0.1, 0.15) is 6.42 Å². The highest BCUT2D eigenvalue weighted by Crippen LogP contribution is 1.68. The highest BCUT2D eigenvalue weighted by Gasteiger charge is 1.90. The van der Waals surface area contributed by atoms with Gasteiger partial charge in [0.2, 0.25) is 0 Å². The van der Waals surface area contributed by atoms with Crippen LogP contribution in [0.25, 0.3) is 0 Å². The maximum absolute atomic E-state index is 5.26. The molecule has 7 heteroatoms. The molecular formula is C5H25N7. The fourth-order valence-electron chi connectivity index (χ4n) is 0.496. The van der Waals surface area contributed by atoms with E-state index >= 15 is 0 Å². The van der Waals surface area contributed by atoms with Gasteiger partial charge >= 0.3 is 0 Å². The van der Waals surface area contributed by atoms with Crippen molar-refractivity contribution in [1.29, 1.82) is 0 Å². The Morgan fingerprint density at radius 1 is 1.08 bits per heavy atom. The van der Waals surface area contributed by atoms with E-state index in [4.69, 9.17) is 17.2 Å². The summed E-state index contributed by atoms with van der Waals surface area (Å²) in [5.74, 6) is 0. The van der Waals surface area contributed by atoms with E-state index in [9.17, 15) is 0 Å². The molecule has 0 heterocycles. The van der Waals surface area contributed by atoms with Crippen LogP contribution >= 0.6 is 0 Å². The monoisotopic (exact) mass is 183 g/mol. The fraction of sp³-hybridized carbons (Fsp3) is 1.00. The Balaban J connectivity index is -0.000000107. The second kappa shape index (κ2) is 17.0. The minimum absolute atomic E-state index is 0. The Hall–Kier alpha value is -0.280. The van der Waals surface area contributed by atoms with Crippen LogP contribution < -0.4 is 41.0 Å². The Kier molecular flexibility index (Phi) is 32.0. The first-order chi connectivity index (χ1) is 4.27. The van der Waals surface area contributed by atoms with E-state index in [1.54, 1.807) is 0 Å². The number of hydrogen-bond donors (Lipinski definition) is 7. The van der Waals surface area contributed by atoms with E-state index < -0.39 is 0 Å². The number of nitrogens with two attached hydrogens (primary N) is 3. The number of nitrogens with one attached hydrogen (secondary N) is 1. The molecule has 16 N–H and O–H groups in total. The van der Waals surface area contributed by atoms with E-state index in [0.717, 1.165) is 13.0 Å². The first kappa shape index (κ1) is 22.6. The van der Waals surface area contributed by atoms with Crippen molar-refractivity contribution in [2.45, 2.75) is 12.6 Å². The van der Waals surface area contributed by atoms with Crippen LogP contribution in [0.2, 0.25) is 0 Å². The molecule has 7 nitrogen and oxygen atoms in total. The largest absolute Gasteiger partial charge is 0.344 e. The molecule has 80 valence electrons. The molecule has 0 bridgehead atoms. The molecule has 0 rings (SSSR count). The second-order valence-corrected chi connectivity index (χ2v) is 2.01. The molecule has 0 aromatic heterocycles. The molecule has 0 saturated carbocycles. The van der Waals surface area contributed by atoms with E-state index in [2.05, 4.69) is 5.32 Å². The average Bonchev–Trinajstić information content (AvgIpc) is 1.80. The van der Waals surface area contributed by atoms with Gasteiger partial charge in [-0.1, -0.05) is 0 Å². The first-order valence-electron chi connectivity index (χ1n) is 3.19. The van der Waals surface area contributed by atoms with Gasteiger partial charge < -0.3 is 41.0 Å². The molecule has 0 aromatic carbocycles. The first-order valence-corrected chi connectivity index (χ1v) is 3.19. The van der Waals surface area contributed by atoms with Gasteiger partial charge in [0, 0.05) is 6.54 Å². The zero-order chi connectivity index (χ0) is 7.11. The highest BCUT2D eigenvalue weighted by molar-refractivity contribution is 4.55. The van der Waals surface area contributed by atoms with E-state index in [-0.39, 0.29) is 24.6 Å². The van der Waals surface area contributed by atoms with Crippen LogP contribution in [0.3, 0.4) is 0 Å². The Morgan fingerprint density at radius 2 is 1.58 bits per heavy atom. The van der Waals surface area contributed by atoms with E-state index in [1.807, 2.05) is 0 Å². The molecular weight excluding hydrogens is 158 g/mol. The topological polar surface area (TPSA) is 195 Å². The minimum Gasteiger partial charge on any atom is -0.344 e. The molecule has 0 radical (unpaired) electrons. The van der Waals surface area contributed by atoms with Crippen LogP contribution in [-0.2, 0) is 0 Å². The summed E-state index contributed by atoms with van der Waals surface area (Å²) >= 11 is 0. The van der Waals surface area contributed by atoms with Gasteiger partial charge in [-0.2, -0.15) is 0 Å². The molecule has 0 fully saturated rings. The lowest BCUT2D eigenvalue weighted by Crippen LogP contribution is -2.41. The minimum atomic E-state index is -0.247. The summed E-state index contributed by atoms with van der Waals surface area (Å²) in [5, 5.41) is 3.06. The van der Waals surface area contributed by atoms with Crippen molar-refractivity contribution in [2.75, 3.05) is 19.6 Å². The molecule has 0 amide bonds. The van der Waals surface area contributed by atoms with Crippen molar-refractivity contribution in [3.63, 3.8) is 0 Å². The van der Waals surface area contributed by atoms with Crippen LogP contribution in [0.5, 0.6) is 0 Å². The molecule has 0 unspecified atom stereocenters. The molecule has 0 aliphatic rings. The number of rotatable bonds is 5. The summed E-state index contributed by atoms with van der Waals surface area (Å²) in [6, 6.07) is 0. The lowest BCUT2D eigenvalue weighted by atomic mass is 10.4.